The van der Waals surface area contributed by atoms with Gasteiger partial charge in [-0.1, -0.05) is 12.1 Å². The van der Waals surface area contributed by atoms with Gasteiger partial charge >= 0.3 is 0 Å². The third-order valence-corrected chi connectivity index (χ3v) is 4.21. The molecule has 0 saturated heterocycles. The third-order valence-electron chi connectivity index (χ3n) is 4.21. The highest BCUT2D eigenvalue weighted by Gasteiger charge is 2.15. The number of hydrogen-bond acceptors (Lipinski definition) is 5. The highest BCUT2D eigenvalue weighted by molar-refractivity contribution is 5.93. The van der Waals surface area contributed by atoms with Gasteiger partial charge in [-0.05, 0) is 36.8 Å². The van der Waals surface area contributed by atoms with Gasteiger partial charge in [0.15, 0.2) is 5.82 Å². The minimum absolute atomic E-state index is 0.167. The fourth-order valence-electron chi connectivity index (χ4n) is 2.83. The molecular formula is C20H18N6O. The van der Waals surface area contributed by atoms with Crippen LogP contribution in [0, 0.1) is 6.92 Å². The molecule has 7 nitrogen and oxygen atoms in total. The predicted molar refractivity (Wildman–Crippen MR) is 102 cm³/mol. The molecule has 0 fully saturated rings. The molecule has 7 heteroatoms. The summed E-state index contributed by atoms with van der Waals surface area (Å²) in [6.07, 6.45) is 4.73. The molecule has 4 rings (SSSR count). The smallest absolute Gasteiger partial charge is 0.257 e. The number of imidazole rings is 1. The monoisotopic (exact) mass is 358 g/mol. The molecule has 0 spiro atoms. The molecule has 0 aliphatic rings. The Hall–Kier alpha value is -3.61. The lowest BCUT2D eigenvalue weighted by Gasteiger charge is -2.15. The SMILES string of the molecule is Cc1ccc2nc(CN(C)C(=O)c3cnc(-c4ccccn4)nc3)[nH]c2c1. The average Bonchev–Trinajstić information content (AvgIpc) is 3.09. The number of carbonyl (C=O) groups is 1. The number of aromatic amines is 1. The molecule has 0 saturated carbocycles. The molecule has 3 heterocycles. The number of aromatic nitrogens is 5. The summed E-state index contributed by atoms with van der Waals surface area (Å²) in [6.45, 7) is 2.40. The fourth-order valence-corrected chi connectivity index (χ4v) is 2.83. The molecule has 0 aliphatic heterocycles. The molecule has 134 valence electrons. The van der Waals surface area contributed by atoms with Crippen molar-refractivity contribution in [3.8, 4) is 11.5 Å². The predicted octanol–water partition coefficient (Wildman–Crippen LogP) is 3.00. The molecule has 0 bridgehead atoms. The summed E-state index contributed by atoms with van der Waals surface area (Å²) in [7, 11) is 1.73. The van der Waals surface area contributed by atoms with E-state index in [1.165, 1.54) is 12.4 Å². The summed E-state index contributed by atoms with van der Waals surface area (Å²) in [5.74, 6) is 1.05. The lowest BCUT2D eigenvalue weighted by molar-refractivity contribution is 0.0781. The van der Waals surface area contributed by atoms with Crippen molar-refractivity contribution < 1.29 is 4.79 Å². The van der Waals surface area contributed by atoms with Gasteiger partial charge in [-0.25, -0.2) is 15.0 Å². The van der Waals surface area contributed by atoms with Gasteiger partial charge in [0.2, 0.25) is 0 Å². The van der Waals surface area contributed by atoms with Crippen LogP contribution < -0.4 is 0 Å². The van der Waals surface area contributed by atoms with Crippen LogP contribution in [0.5, 0.6) is 0 Å². The quantitative estimate of drug-likeness (QED) is 0.606. The number of fused-ring (bicyclic) bond motifs is 1. The van der Waals surface area contributed by atoms with Crippen LogP contribution in [0.3, 0.4) is 0 Å². The van der Waals surface area contributed by atoms with Gasteiger partial charge in [-0.15, -0.1) is 0 Å². The van der Waals surface area contributed by atoms with E-state index in [0.717, 1.165) is 22.4 Å². The van der Waals surface area contributed by atoms with Gasteiger partial charge in [0, 0.05) is 25.6 Å². The third kappa shape index (κ3) is 3.52. The Balaban J connectivity index is 1.49. The minimum atomic E-state index is -0.167. The number of H-pyrrole nitrogens is 1. The number of rotatable bonds is 4. The summed E-state index contributed by atoms with van der Waals surface area (Å²) in [5.41, 5.74) is 4.10. The molecule has 0 aliphatic carbocycles. The van der Waals surface area contributed by atoms with E-state index in [1.807, 2.05) is 43.3 Å². The van der Waals surface area contributed by atoms with Gasteiger partial charge in [-0.3, -0.25) is 9.78 Å². The van der Waals surface area contributed by atoms with Gasteiger partial charge in [0.05, 0.1) is 23.1 Å². The standard InChI is InChI=1S/C20H18N6O/c1-13-6-7-15-17(9-13)25-18(24-15)12-26(2)20(27)14-10-22-19(23-11-14)16-5-3-4-8-21-16/h3-11H,12H2,1-2H3,(H,24,25). The van der Waals surface area contributed by atoms with Crippen molar-refractivity contribution >= 4 is 16.9 Å². The summed E-state index contributed by atoms with van der Waals surface area (Å²) in [6, 6.07) is 11.5. The van der Waals surface area contributed by atoms with Gasteiger partial charge < -0.3 is 9.88 Å². The zero-order chi connectivity index (χ0) is 18.8. The fraction of sp³-hybridized carbons (Fsp3) is 0.150. The van der Waals surface area contributed by atoms with Crippen molar-refractivity contribution in [2.45, 2.75) is 13.5 Å². The zero-order valence-corrected chi connectivity index (χ0v) is 15.0. The van der Waals surface area contributed by atoms with E-state index in [4.69, 9.17) is 0 Å². The largest absolute Gasteiger partial charge is 0.340 e. The lowest BCUT2D eigenvalue weighted by Crippen LogP contribution is -2.27. The molecule has 1 amide bonds. The number of nitrogens with zero attached hydrogens (tertiary/aromatic N) is 5. The Morgan fingerprint density at radius 1 is 1.11 bits per heavy atom. The second-order valence-electron chi connectivity index (χ2n) is 6.38. The molecule has 3 aromatic heterocycles. The van der Waals surface area contributed by atoms with Crippen molar-refractivity contribution in [1.29, 1.82) is 0 Å². The van der Waals surface area contributed by atoms with Crippen molar-refractivity contribution in [2.75, 3.05) is 7.05 Å². The number of amides is 1. The van der Waals surface area contributed by atoms with E-state index in [0.29, 0.717) is 23.6 Å². The normalized spacial score (nSPS) is 10.9. The van der Waals surface area contributed by atoms with E-state index in [-0.39, 0.29) is 5.91 Å². The van der Waals surface area contributed by atoms with Crippen molar-refractivity contribution in [3.63, 3.8) is 0 Å². The zero-order valence-electron chi connectivity index (χ0n) is 15.0. The van der Waals surface area contributed by atoms with Crippen LogP contribution >= 0.6 is 0 Å². The molecule has 1 N–H and O–H groups in total. The maximum Gasteiger partial charge on any atom is 0.257 e. The Morgan fingerprint density at radius 2 is 1.93 bits per heavy atom. The molecule has 4 aromatic rings. The maximum atomic E-state index is 12.7. The molecule has 1 aromatic carbocycles. The van der Waals surface area contributed by atoms with E-state index >= 15 is 0 Å². The first-order valence-electron chi connectivity index (χ1n) is 8.54. The molecular weight excluding hydrogens is 340 g/mol. The van der Waals surface area contributed by atoms with Crippen LogP contribution in [0.2, 0.25) is 0 Å². The number of pyridine rings is 1. The summed E-state index contributed by atoms with van der Waals surface area (Å²) in [4.78, 5) is 34.8. The first kappa shape index (κ1) is 16.8. The highest BCUT2D eigenvalue weighted by Crippen LogP contribution is 2.15. The van der Waals surface area contributed by atoms with Crippen molar-refractivity contribution in [1.82, 2.24) is 29.8 Å². The summed E-state index contributed by atoms with van der Waals surface area (Å²) < 4.78 is 0. The summed E-state index contributed by atoms with van der Waals surface area (Å²) >= 11 is 0. The number of aryl methyl sites for hydroxylation is 1. The van der Waals surface area contributed by atoms with Crippen LogP contribution in [-0.2, 0) is 6.54 Å². The van der Waals surface area contributed by atoms with Crippen molar-refractivity contribution in [2.24, 2.45) is 0 Å². The van der Waals surface area contributed by atoms with E-state index in [1.54, 1.807) is 18.1 Å². The van der Waals surface area contributed by atoms with Gasteiger partial charge in [0.1, 0.15) is 11.5 Å². The van der Waals surface area contributed by atoms with Crippen LogP contribution in [0.25, 0.3) is 22.6 Å². The molecule has 27 heavy (non-hydrogen) atoms. The minimum Gasteiger partial charge on any atom is -0.340 e. The van der Waals surface area contributed by atoms with E-state index in [9.17, 15) is 4.79 Å². The Labute approximate surface area is 156 Å². The lowest BCUT2D eigenvalue weighted by atomic mass is 10.2. The highest BCUT2D eigenvalue weighted by atomic mass is 16.2. The number of hydrogen-bond donors (Lipinski definition) is 1. The van der Waals surface area contributed by atoms with Crippen LogP contribution in [0.15, 0.2) is 55.0 Å². The number of nitrogens with one attached hydrogen (secondary N) is 1. The Bertz CT molecular complexity index is 1090. The number of benzene rings is 1. The van der Waals surface area contributed by atoms with Crippen LogP contribution in [-0.4, -0.2) is 42.8 Å². The van der Waals surface area contributed by atoms with Crippen LogP contribution in [0.4, 0.5) is 0 Å². The Kier molecular flexibility index (Phi) is 4.33. The number of carbonyl (C=O) groups excluding carboxylic acids is 1. The average molecular weight is 358 g/mol. The van der Waals surface area contributed by atoms with E-state index < -0.39 is 0 Å². The molecule has 0 radical (unpaired) electrons. The molecule has 0 atom stereocenters. The first-order chi connectivity index (χ1) is 13.1. The topological polar surface area (TPSA) is 87.7 Å². The van der Waals surface area contributed by atoms with E-state index in [2.05, 4.69) is 24.9 Å². The second kappa shape index (κ2) is 6.95. The van der Waals surface area contributed by atoms with Crippen LogP contribution in [0.1, 0.15) is 21.7 Å². The second-order valence-corrected chi connectivity index (χ2v) is 6.38. The van der Waals surface area contributed by atoms with Gasteiger partial charge in [-0.2, -0.15) is 0 Å². The maximum absolute atomic E-state index is 12.7. The first-order valence-corrected chi connectivity index (χ1v) is 8.54. The van der Waals surface area contributed by atoms with Gasteiger partial charge in [0.25, 0.3) is 5.91 Å². The summed E-state index contributed by atoms with van der Waals surface area (Å²) in [5, 5.41) is 0. The van der Waals surface area contributed by atoms with Crippen molar-refractivity contribution in [3.05, 3.63) is 71.9 Å². The Morgan fingerprint density at radius 3 is 2.67 bits per heavy atom. The molecule has 0 unspecified atom stereocenters.